The predicted octanol–water partition coefficient (Wildman–Crippen LogP) is 8.38. The highest BCUT2D eigenvalue weighted by molar-refractivity contribution is 7.80. The van der Waals surface area contributed by atoms with Crippen LogP contribution in [-0.4, -0.2) is 14.7 Å². The molecule has 6 heteroatoms. The summed E-state index contributed by atoms with van der Waals surface area (Å²) in [6.45, 7) is 10.8. The van der Waals surface area contributed by atoms with Gasteiger partial charge in [-0.25, -0.2) is 0 Å². The molecule has 3 aromatic carbocycles. The molecule has 2 aromatic heterocycles. The van der Waals surface area contributed by atoms with Crippen LogP contribution in [0.3, 0.4) is 0 Å². The van der Waals surface area contributed by atoms with Crippen LogP contribution >= 0.6 is 12.2 Å². The number of nitrogens with one attached hydrogen (secondary N) is 1. The highest BCUT2D eigenvalue weighted by atomic mass is 32.1. The molecule has 206 valence electrons. The van der Waals surface area contributed by atoms with Gasteiger partial charge >= 0.3 is 0 Å². The Morgan fingerprint density at radius 1 is 0.780 bits per heavy atom. The molecular weight excluding hydrogens is 524 g/mol. The molecule has 0 saturated carbocycles. The number of aromatic nitrogens is 2. The van der Waals surface area contributed by atoms with Gasteiger partial charge in [0.1, 0.15) is 11.5 Å². The van der Waals surface area contributed by atoms with E-state index in [0.29, 0.717) is 5.11 Å². The van der Waals surface area contributed by atoms with Crippen molar-refractivity contribution in [3.05, 3.63) is 137 Å². The zero-order chi connectivity index (χ0) is 28.7. The lowest BCUT2D eigenvalue weighted by atomic mass is 9.96. The molecule has 1 saturated heterocycles. The Morgan fingerprint density at radius 3 is 2.15 bits per heavy atom. The van der Waals surface area contributed by atoms with Gasteiger partial charge in [0, 0.05) is 29.0 Å². The van der Waals surface area contributed by atoms with Gasteiger partial charge in [0.25, 0.3) is 0 Å². The average Bonchev–Trinajstić information content (AvgIpc) is 3.47. The van der Waals surface area contributed by atoms with Gasteiger partial charge in [-0.3, -0.25) is 4.98 Å². The van der Waals surface area contributed by atoms with Crippen LogP contribution in [0, 0.1) is 34.6 Å². The first-order valence-corrected chi connectivity index (χ1v) is 14.3. The minimum absolute atomic E-state index is 0.0914. The van der Waals surface area contributed by atoms with Gasteiger partial charge in [-0.15, -0.1) is 0 Å². The zero-order valence-electron chi connectivity index (χ0n) is 24.1. The Hall–Kier alpha value is -4.42. The second-order valence-corrected chi connectivity index (χ2v) is 11.2. The molecule has 41 heavy (non-hydrogen) atoms. The molecule has 6 rings (SSSR count). The van der Waals surface area contributed by atoms with Crippen LogP contribution in [0.5, 0.6) is 11.5 Å². The van der Waals surface area contributed by atoms with Crippen molar-refractivity contribution in [1.82, 2.24) is 14.9 Å². The summed E-state index contributed by atoms with van der Waals surface area (Å²) < 4.78 is 8.47. The third-order valence-corrected chi connectivity index (χ3v) is 8.18. The predicted molar refractivity (Wildman–Crippen MR) is 170 cm³/mol. The summed E-state index contributed by atoms with van der Waals surface area (Å²) in [4.78, 5) is 6.96. The number of ether oxygens (including phenoxy) is 1. The Bertz CT molecular complexity index is 1710. The lowest BCUT2D eigenvalue weighted by Gasteiger charge is -2.28. The largest absolute Gasteiger partial charge is 0.457 e. The molecule has 1 fully saturated rings. The van der Waals surface area contributed by atoms with E-state index in [1.807, 2.05) is 42.6 Å². The van der Waals surface area contributed by atoms with E-state index in [4.69, 9.17) is 21.9 Å². The number of benzene rings is 3. The van der Waals surface area contributed by atoms with Gasteiger partial charge in [-0.1, -0.05) is 35.9 Å². The van der Waals surface area contributed by atoms with Gasteiger partial charge in [-0.2, -0.15) is 0 Å². The van der Waals surface area contributed by atoms with Crippen LogP contribution in [0.15, 0.2) is 97.2 Å². The van der Waals surface area contributed by atoms with Gasteiger partial charge in [0.2, 0.25) is 0 Å². The molecule has 1 aliphatic heterocycles. The molecule has 0 aliphatic carbocycles. The minimum Gasteiger partial charge on any atom is -0.457 e. The number of anilines is 1. The van der Waals surface area contributed by atoms with E-state index in [1.165, 1.54) is 39.3 Å². The summed E-state index contributed by atoms with van der Waals surface area (Å²) in [5.74, 6) is 1.59. The quantitative estimate of drug-likeness (QED) is 0.212. The van der Waals surface area contributed by atoms with Crippen molar-refractivity contribution < 1.29 is 4.74 Å². The summed E-state index contributed by atoms with van der Waals surface area (Å²) in [7, 11) is 0. The minimum atomic E-state index is -0.111. The Kier molecular flexibility index (Phi) is 7.10. The van der Waals surface area contributed by atoms with E-state index in [9.17, 15) is 0 Å². The lowest BCUT2D eigenvalue weighted by molar-refractivity contribution is 0.482. The van der Waals surface area contributed by atoms with Crippen molar-refractivity contribution in [2.24, 2.45) is 0 Å². The molecule has 0 unspecified atom stereocenters. The summed E-state index contributed by atoms with van der Waals surface area (Å²) in [6, 6.07) is 31.0. The second kappa shape index (κ2) is 10.9. The summed E-state index contributed by atoms with van der Waals surface area (Å²) in [5.41, 5.74) is 10.4. The van der Waals surface area contributed by atoms with E-state index >= 15 is 0 Å². The van der Waals surface area contributed by atoms with E-state index in [2.05, 4.69) is 104 Å². The first kappa shape index (κ1) is 26.8. The number of pyridine rings is 1. The molecule has 0 bridgehead atoms. The highest BCUT2D eigenvalue weighted by Crippen LogP contribution is 2.44. The van der Waals surface area contributed by atoms with E-state index in [0.717, 1.165) is 22.9 Å². The third kappa shape index (κ3) is 5.11. The fourth-order valence-electron chi connectivity index (χ4n) is 5.78. The number of rotatable bonds is 6. The van der Waals surface area contributed by atoms with Crippen molar-refractivity contribution in [2.75, 3.05) is 4.90 Å². The maximum atomic E-state index is 6.11. The molecule has 2 atom stereocenters. The first-order chi connectivity index (χ1) is 19.8. The normalized spacial score (nSPS) is 16.6. The van der Waals surface area contributed by atoms with Crippen LogP contribution in [-0.2, 0) is 0 Å². The van der Waals surface area contributed by atoms with Crippen LogP contribution in [0.25, 0.3) is 5.69 Å². The number of aryl methyl sites for hydroxylation is 4. The van der Waals surface area contributed by atoms with Gasteiger partial charge in [0.05, 0.1) is 17.8 Å². The van der Waals surface area contributed by atoms with E-state index < -0.39 is 0 Å². The molecule has 5 nitrogen and oxygen atoms in total. The maximum absolute atomic E-state index is 6.11. The van der Waals surface area contributed by atoms with E-state index in [-0.39, 0.29) is 12.1 Å². The average molecular weight is 559 g/mol. The SMILES string of the molecule is Cc1ccc(Oc2ccc(N3C(=S)N[C@@H](c4ccccn4)[C@@H]3c3cc(C)n(-c4cc(C)ccc4C)c3C)cc2)cc1. The Labute approximate surface area is 247 Å². The van der Waals surface area contributed by atoms with Crippen molar-refractivity contribution in [3.63, 3.8) is 0 Å². The fraction of sp³-hybridized carbons (Fsp3) is 0.200. The van der Waals surface area contributed by atoms with Crippen molar-refractivity contribution >= 4 is 23.0 Å². The maximum Gasteiger partial charge on any atom is 0.174 e. The van der Waals surface area contributed by atoms with Crippen molar-refractivity contribution in [3.8, 4) is 17.2 Å². The Balaban J connectivity index is 1.42. The molecule has 5 aromatic rings. The first-order valence-electron chi connectivity index (χ1n) is 13.9. The highest BCUT2D eigenvalue weighted by Gasteiger charge is 2.42. The van der Waals surface area contributed by atoms with Crippen molar-refractivity contribution in [1.29, 1.82) is 0 Å². The molecule has 0 radical (unpaired) electrons. The number of hydrogen-bond donors (Lipinski definition) is 1. The topological polar surface area (TPSA) is 42.3 Å². The second-order valence-electron chi connectivity index (χ2n) is 10.9. The summed E-state index contributed by atoms with van der Waals surface area (Å²) >= 11 is 5.99. The van der Waals surface area contributed by atoms with Gasteiger partial charge < -0.3 is 19.5 Å². The van der Waals surface area contributed by atoms with Crippen LogP contribution < -0.4 is 15.0 Å². The van der Waals surface area contributed by atoms with Gasteiger partial charge in [0.15, 0.2) is 5.11 Å². The molecule has 1 aliphatic rings. The van der Waals surface area contributed by atoms with Crippen LogP contribution in [0.1, 0.15) is 51.4 Å². The number of thiocarbonyl (C=S) groups is 1. The van der Waals surface area contributed by atoms with Crippen molar-refractivity contribution in [2.45, 2.75) is 46.7 Å². The monoisotopic (exact) mass is 558 g/mol. The zero-order valence-corrected chi connectivity index (χ0v) is 24.9. The summed E-state index contributed by atoms with van der Waals surface area (Å²) in [5, 5.41) is 4.27. The van der Waals surface area contributed by atoms with E-state index in [1.54, 1.807) is 0 Å². The molecular formula is C35H34N4OS. The molecule has 0 amide bonds. The van der Waals surface area contributed by atoms with Crippen LogP contribution in [0.2, 0.25) is 0 Å². The summed E-state index contributed by atoms with van der Waals surface area (Å²) in [6.07, 6.45) is 1.84. The number of nitrogens with zero attached hydrogens (tertiary/aromatic N) is 3. The van der Waals surface area contributed by atoms with Crippen LogP contribution in [0.4, 0.5) is 5.69 Å². The molecule has 1 N–H and O–H groups in total. The Morgan fingerprint density at radius 2 is 1.46 bits per heavy atom. The third-order valence-electron chi connectivity index (χ3n) is 7.86. The standard InChI is InChI=1S/C35H34N4OS/c1-22-10-15-28(16-11-22)40-29-17-13-27(14-18-29)39-34(33(37-35(39)41)31-8-6-7-19-36-31)30-21-25(4)38(26(30)5)32-20-23(2)9-12-24(32)3/h6-21,33-34H,1-5H3,(H,37,41)/t33-,34-/m0/s1. The van der Waals surface area contributed by atoms with Gasteiger partial charge in [-0.05, 0) is 124 Å². The molecule has 0 spiro atoms. The number of hydrogen-bond acceptors (Lipinski definition) is 3. The molecule has 3 heterocycles. The fourth-order valence-corrected chi connectivity index (χ4v) is 6.13. The lowest BCUT2D eigenvalue weighted by Crippen LogP contribution is -2.29. The smallest absolute Gasteiger partial charge is 0.174 e.